The minimum atomic E-state index is -4.41. The van der Waals surface area contributed by atoms with Crippen molar-refractivity contribution in [2.45, 2.75) is 25.1 Å². The Hall–Kier alpha value is -2.54. The Morgan fingerprint density at radius 1 is 1.17 bits per heavy atom. The van der Waals surface area contributed by atoms with Crippen LogP contribution >= 0.6 is 0 Å². The molecule has 1 atom stereocenters. The lowest BCUT2D eigenvalue weighted by molar-refractivity contribution is -0.137. The maximum atomic E-state index is 12.7. The van der Waals surface area contributed by atoms with E-state index < -0.39 is 11.7 Å². The Morgan fingerprint density at radius 2 is 1.86 bits per heavy atom. The number of carbonyl (C=O) groups excluding carboxylic acids is 1. The minimum absolute atomic E-state index is 0.0362. The fraction of sp³-hybridized carbons (Fsp3) is 0.409. The zero-order valence-electron chi connectivity index (χ0n) is 16.9. The number of carbonyl (C=O) groups is 1. The summed E-state index contributed by atoms with van der Waals surface area (Å²) < 4.78 is 38.1. The van der Waals surface area contributed by atoms with Crippen molar-refractivity contribution in [3.05, 3.63) is 64.7 Å². The van der Waals surface area contributed by atoms with Crippen molar-refractivity contribution in [1.29, 1.82) is 0 Å². The van der Waals surface area contributed by atoms with E-state index >= 15 is 0 Å². The van der Waals surface area contributed by atoms with Crippen molar-refractivity contribution in [3.8, 4) is 0 Å². The molecule has 1 heterocycles. The summed E-state index contributed by atoms with van der Waals surface area (Å²) in [5.74, 6) is -0.386. The summed E-state index contributed by atoms with van der Waals surface area (Å²) in [6.07, 6.45) is -2.26. The number of likely N-dealkylation sites (N-methyl/N-ethyl adjacent to an activating group) is 1. The fourth-order valence-electron chi connectivity index (χ4n) is 3.71. The molecule has 0 saturated heterocycles. The Bertz CT molecular complexity index is 863. The van der Waals surface area contributed by atoms with Crippen LogP contribution in [-0.2, 0) is 12.6 Å². The number of benzene rings is 2. The molecule has 2 aromatic rings. The Morgan fingerprint density at radius 3 is 2.48 bits per heavy atom. The molecule has 4 nitrogen and oxygen atoms in total. The molecule has 0 bridgehead atoms. The van der Waals surface area contributed by atoms with Gasteiger partial charge in [0.05, 0.1) is 11.6 Å². The number of fused-ring (bicyclic) bond motifs is 1. The third-order valence-electron chi connectivity index (χ3n) is 5.39. The SMILES string of the molecule is CN1CCCc2cc([C@H](CNC(=O)c3ccc(C(F)(F)F)cc3)N(C)C)ccc21. The van der Waals surface area contributed by atoms with Crippen LogP contribution in [0.2, 0.25) is 0 Å². The number of aryl methyl sites for hydroxylation is 1. The number of nitrogens with zero attached hydrogens (tertiary/aromatic N) is 2. The summed E-state index contributed by atoms with van der Waals surface area (Å²) in [6.45, 7) is 1.41. The van der Waals surface area contributed by atoms with Crippen LogP contribution in [0.1, 0.15) is 39.5 Å². The number of alkyl halides is 3. The van der Waals surface area contributed by atoms with Crippen molar-refractivity contribution in [2.24, 2.45) is 0 Å². The first-order valence-electron chi connectivity index (χ1n) is 9.62. The lowest BCUT2D eigenvalue weighted by Gasteiger charge is -2.30. The summed E-state index contributed by atoms with van der Waals surface area (Å²) in [6, 6.07) is 10.6. The van der Waals surface area contributed by atoms with E-state index in [1.54, 1.807) is 0 Å². The van der Waals surface area contributed by atoms with Crippen LogP contribution in [0.3, 0.4) is 0 Å². The van der Waals surface area contributed by atoms with Crippen LogP contribution in [0.4, 0.5) is 18.9 Å². The molecule has 1 aliphatic heterocycles. The lowest BCUT2D eigenvalue weighted by atomic mass is 9.96. The van der Waals surface area contributed by atoms with E-state index in [0.717, 1.165) is 37.1 Å². The van der Waals surface area contributed by atoms with Gasteiger partial charge in [0.2, 0.25) is 0 Å². The van der Waals surface area contributed by atoms with Gasteiger partial charge in [0, 0.05) is 31.4 Å². The number of hydrogen-bond acceptors (Lipinski definition) is 3. The summed E-state index contributed by atoms with van der Waals surface area (Å²) in [7, 11) is 5.98. The summed E-state index contributed by atoms with van der Waals surface area (Å²) in [5.41, 5.74) is 3.10. The van der Waals surface area contributed by atoms with Crippen LogP contribution in [0.5, 0.6) is 0 Å². The van der Waals surface area contributed by atoms with Gasteiger partial charge >= 0.3 is 6.18 Å². The average molecular weight is 405 g/mol. The average Bonchev–Trinajstić information content (AvgIpc) is 2.67. The van der Waals surface area contributed by atoms with Gasteiger partial charge in [-0.15, -0.1) is 0 Å². The van der Waals surface area contributed by atoms with Crippen molar-refractivity contribution >= 4 is 11.6 Å². The van der Waals surface area contributed by atoms with Crippen LogP contribution in [0.25, 0.3) is 0 Å². The predicted molar refractivity (Wildman–Crippen MR) is 108 cm³/mol. The molecule has 0 aromatic heterocycles. The Balaban J connectivity index is 1.71. The zero-order valence-corrected chi connectivity index (χ0v) is 16.9. The molecule has 0 radical (unpaired) electrons. The second-order valence-electron chi connectivity index (χ2n) is 7.68. The van der Waals surface area contributed by atoms with E-state index in [9.17, 15) is 18.0 Å². The molecule has 0 fully saturated rings. The molecule has 1 aliphatic rings. The van der Waals surface area contributed by atoms with Gasteiger partial charge in [0.15, 0.2) is 0 Å². The number of nitrogens with one attached hydrogen (secondary N) is 1. The maximum absolute atomic E-state index is 12.7. The van der Waals surface area contributed by atoms with E-state index in [1.807, 2.05) is 19.0 Å². The number of amides is 1. The second kappa shape index (κ2) is 8.45. The third kappa shape index (κ3) is 4.90. The number of hydrogen-bond donors (Lipinski definition) is 1. The van der Waals surface area contributed by atoms with E-state index in [0.29, 0.717) is 6.54 Å². The van der Waals surface area contributed by atoms with E-state index in [4.69, 9.17) is 0 Å². The van der Waals surface area contributed by atoms with Gasteiger partial charge in [-0.05, 0) is 68.4 Å². The first-order chi connectivity index (χ1) is 13.7. The molecule has 0 unspecified atom stereocenters. The van der Waals surface area contributed by atoms with Crippen molar-refractivity contribution < 1.29 is 18.0 Å². The monoisotopic (exact) mass is 405 g/mol. The van der Waals surface area contributed by atoms with Crippen LogP contribution in [-0.4, -0.2) is 45.0 Å². The fourth-order valence-corrected chi connectivity index (χ4v) is 3.71. The largest absolute Gasteiger partial charge is 0.416 e. The van der Waals surface area contributed by atoms with Crippen LogP contribution in [0.15, 0.2) is 42.5 Å². The van der Waals surface area contributed by atoms with E-state index in [-0.39, 0.29) is 17.5 Å². The van der Waals surface area contributed by atoms with Gasteiger partial charge in [-0.3, -0.25) is 4.79 Å². The van der Waals surface area contributed by atoms with Gasteiger partial charge in [-0.2, -0.15) is 13.2 Å². The highest BCUT2D eigenvalue weighted by molar-refractivity contribution is 5.94. The van der Waals surface area contributed by atoms with Crippen molar-refractivity contribution in [1.82, 2.24) is 10.2 Å². The highest BCUT2D eigenvalue weighted by atomic mass is 19.4. The zero-order chi connectivity index (χ0) is 21.2. The van der Waals surface area contributed by atoms with Gasteiger partial charge < -0.3 is 15.1 Å². The normalized spacial score (nSPS) is 15.2. The highest BCUT2D eigenvalue weighted by Crippen LogP contribution is 2.30. The first kappa shape index (κ1) is 21.2. The molecule has 0 saturated carbocycles. The molecule has 2 aromatic carbocycles. The molecule has 156 valence electrons. The molecule has 0 aliphatic carbocycles. The Kier molecular flexibility index (Phi) is 6.17. The smallest absolute Gasteiger partial charge is 0.374 e. The topological polar surface area (TPSA) is 35.6 Å². The number of halogens is 3. The molecule has 7 heteroatoms. The molecule has 3 rings (SSSR count). The predicted octanol–water partition coefficient (Wildman–Crippen LogP) is 4.12. The quantitative estimate of drug-likeness (QED) is 0.813. The Labute approximate surface area is 169 Å². The standard InChI is InChI=1S/C22H26F3N3O/c1-27(2)20(17-8-11-19-16(13-17)5-4-12-28(19)3)14-26-21(29)15-6-9-18(10-7-15)22(23,24)25/h6-11,13,20H,4-5,12,14H2,1-3H3,(H,26,29)/t20-/m0/s1. The molecule has 29 heavy (non-hydrogen) atoms. The van der Waals surface area contributed by atoms with Crippen LogP contribution in [0, 0.1) is 0 Å². The van der Waals surface area contributed by atoms with Crippen LogP contribution < -0.4 is 10.2 Å². The highest BCUT2D eigenvalue weighted by Gasteiger charge is 2.30. The van der Waals surface area contributed by atoms with Gasteiger partial charge in [0.1, 0.15) is 0 Å². The lowest BCUT2D eigenvalue weighted by Crippen LogP contribution is -2.35. The number of rotatable bonds is 5. The summed E-state index contributed by atoms with van der Waals surface area (Å²) in [4.78, 5) is 16.7. The number of anilines is 1. The van der Waals surface area contributed by atoms with E-state index in [2.05, 4.69) is 35.5 Å². The minimum Gasteiger partial charge on any atom is -0.374 e. The van der Waals surface area contributed by atoms with Crippen molar-refractivity contribution in [2.75, 3.05) is 39.1 Å². The van der Waals surface area contributed by atoms with Gasteiger partial charge in [-0.1, -0.05) is 12.1 Å². The second-order valence-corrected chi connectivity index (χ2v) is 7.68. The molecule has 1 N–H and O–H groups in total. The van der Waals surface area contributed by atoms with E-state index in [1.165, 1.54) is 23.4 Å². The molecule has 0 spiro atoms. The van der Waals surface area contributed by atoms with Crippen molar-refractivity contribution in [3.63, 3.8) is 0 Å². The maximum Gasteiger partial charge on any atom is 0.416 e. The molecule has 1 amide bonds. The summed E-state index contributed by atoms with van der Waals surface area (Å²) in [5, 5.41) is 2.85. The van der Waals surface area contributed by atoms with Gasteiger partial charge in [-0.25, -0.2) is 0 Å². The molecular formula is C22H26F3N3O. The molecular weight excluding hydrogens is 379 g/mol. The first-order valence-corrected chi connectivity index (χ1v) is 9.62. The van der Waals surface area contributed by atoms with Gasteiger partial charge in [0.25, 0.3) is 5.91 Å². The summed E-state index contributed by atoms with van der Waals surface area (Å²) >= 11 is 0. The third-order valence-corrected chi connectivity index (χ3v) is 5.39.